The van der Waals surface area contributed by atoms with Crippen LogP contribution >= 0.6 is 0 Å². The van der Waals surface area contributed by atoms with E-state index >= 15 is 0 Å². The van der Waals surface area contributed by atoms with Crippen LogP contribution in [0.4, 0.5) is 5.69 Å². The Hall–Kier alpha value is -2.38. The minimum atomic E-state index is -0.575. The first-order valence-electron chi connectivity index (χ1n) is 8.34. The number of fused-ring (bicyclic) bond motifs is 1. The number of nitrogens with zero attached hydrogens (tertiary/aromatic N) is 1. The summed E-state index contributed by atoms with van der Waals surface area (Å²) in [5.74, 6) is -0.302. The van der Waals surface area contributed by atoms with Gasteiger partial charge in [0.05, 0.1) is 18.7 Å². The largest absolute Gasteiger partial charge is 0.379 e. The molecule has 2 aromatic rings. The normalized spacial score (nSPS) is 12.1. The monoisotopic (exact) mass is 347 g/mol. The zero-order valence-electron chi connectivity index (χ0n) is 14.9. The molecule has 0 radical (unpaired) electrons. The third kappa shape index (κ3) is 5.30. The molecule has 0 unspecified atom stereocenters. The van der Waals surface area contributed by atoms with Gasteiger partial charge in [-0.2, -0.15) is 0 Å². The van der Waals surface area contributed by atoms with Crippen molar-refractivity contribution in [2.75, 3.05) is 32.2 Å². The molecule has 0 aliphatic rings. The maximum Gasteiger partial charge on any atom is 0.253 e. The van der Waals surface area contributed by atoms with Crippen molar-refractivity contribution in [2.45, 2.75) is 26.5 Å². The van der Waals surface area contributed by atoms with Crippen LogP contribution in [-0.4, -0.2) is 49.4 Å². The Balaban J connectivity index is 2.01. The zero-order chi connectivity index (χ0) is 18.2. The molecule has 2 N–H and O–H groups in total. The molecule has 0 saturated heterocycles. The number of ether oxygens (including phenoxy) is 2. The summed E-state index contributed by atoms with van der Waals surface area (Å²) in [6.45, 7) is 5.30. The second-order valence-corrected chi connectivity index (χ2v) is 5.59. The van der Waals surface area contributed by atoms with Crippen molar-refractivity contribution in [1.82, 2.24) is 9.88 Å². The Bertz CT molecular complexity index is 726. The summed E-state index contributed by atoms with van der Waals surface area (Å²) < 4.78 is 12.5. The molecule has 1 heterocycles. The molecule has 7 heteroatoms. The number of likely N-dealkylation sites (N-methyl/N-ethyl adjacent to an activating group) is 1. The summed E-state index contributed by atoms with van der Waals surface area (Å²) in [6.07, 6.45) is 1.28. The minimum absolute atomic E-state index is 0.0803. The van der Waals surface area contributed by atoms with E-state index in [4.69, 9.17) is 9.47 Å². The average molecular weight is 347 g/mol. The summed E-state index contributed by atoms with van der Waals surface area (Å²) in [4.78, 5) is 23.8. The predicted octanol–water partition coefficient (Wildman–Crippen LogP) is 1.77. The van der Waals surface area contributed by atoms with Gasteiger partial charge in [0, 0.05) is 25.5 Å². The van der Waals surface area contributed by atoms with Crippen LogP contribution in [0.25, 0.3) is 10.9 Å². The zero-order valence-corrected chi connectivity index (χ0v) is 14.9. The van der Waals surface area contributed by atoms with Crippen molar-refractivity contribution < 1.29 is 19.1 Å². The highest BCUT2D eigenvalue weighted by Crippen LogP contribution is 2.21. The first-order valence-corrected chi connectivity index (χ1v) is 8.34. The Kier molecular flexibility index (Phi) is 6.97. The van der Waals surface area contributed by atoms with Gasteiger partial charge in [-0.15, -0.1) is 0 Å². The number of nitrogens with one attached hydrogen (secondary N) is 2. The molecule has 0 aliphatic heterocycles. The molecule has 0 spiro atoms. The molecule has 0 bridgehead atoms. The number of carbonyl (C=O) groups is 2. The van der Waals surface area contributed by atoms with Crippen molar-refractivity contribution in [3.8, 4) is 0 Å². The van der Waals surface area contributed by atoms with Gasteiger partial charge in [0.2, 0.25) is 5.91 Å². The smallest absolute Gasteiger partial charge is 0.253 e. The number of anilines is 1. The van der Waals surface area contributed by atoms with Crippen LogP contribution < -0.4 is 10.6 Å². The highest BCUT2D eigenvalue weighted by atomic mass is 16.5. The SMILES string of the molecule is CCOCCO[C@@H](C)C(=O)Nc1ccc2ccn(CC(=O)NC)c2c1. The van der Waals surface area contributed by atoms with Crippen LogP contribution in [0.5, 0.6) is 0 Å². The number of carbonyl (C=O) groups excluding carboxylic acids is 2. The van der Waals surface area contributed by atoms with Gasteiger partial charge in [0.25, 0.3) is 5.91 Å². The van der Waals surface area contributed by atoms with E-state index in [0.29, 0.717) is 25.5 Å². The quantitative estimate of drug-likeness (QED) is 0.678. The van der Waals surface area contributed by atoms with Gasteiger partial charge in [0.1, 0.15) is 12.6 Å². The standard InChI is InChI=1S/C18H25N3O4/c1-4-24-9-10-25-13(2)18(23)20-15-6-5-14-7-8-21(16(14)11-15)12-17(22)19-3/h5-8,11,13H,4,9-10,12H2,1-3H3,(H,19,22)(H,20,23)/t13-/m0/s1. The highest BCUT2D eigenvalue weighted by Gasteiger charge is 2.14. The molecule has 0 saturated carbocycles. The molecule has 1 aromatic heterocycles. The number of hydrogen-bond acceptors (Lipinski definition) is 4. The fourth-order valence-electron chi connectivity index (χ4n) is 2.38. The molecule has 25 heavy (non-hydrogen) atoms. The van der Waals surface area contributed by atoms with Crippen LogP contribution in [0.1, 0.15) is 13.8 Å². The Labute approximate surface area is 147 Å². The van der Waals surface area contributed by atoms with E-state index in [1.807, 2.05) is 42.0 Å². The second-order valence-electron chi connectivity index (χ2n) is 5.59. The average Bonchev–Trinajstić information content (AvgIpc) is 3.00. The van der Waals surface area contributed by atoms with E-state index in [0.717, 1.165) is 10.9 Å². The van der Waals surface area contributed by atoms with Gasteiger partial charge in [-0.3, -0.25) is 9.59 Å². The first-order chi connectivity index (χ1) is 12.0. The molecule has 1 aromatic carbocycles. The number of rotatable bonds is 9. The predicted molar refractivity (Wildman–Crippen MR) is 96.5 cm³/mol. The minimum Gasteiger partial charge on any atom is -0.379 e. The molecule has 7 nitrogen and oxygen atoms in total. The topological polar surface area (TPSA) is 81.6 Å². The number of benzene rings is 1. The lowest BCUT2D eigenvalue weighted by Crippen LogP contribution is -2.28. The number of hydrogen-bond donors (Lipinski definition) is 2. The van der Waals surface area contributed by atoms with Crippen molar-refractivity contribution in [3.05, 3.63) is 30.5 Å². The molecular weight excluding hydrogens is 322 g/mol. The van der Waals surface area contributed by atoms with Crippen LogP contribution in [-0.2, 0) is 25.6 Å². The third-order valence-corrected chi connectivity index (χ3v) is 3.80. The lowest BCUT2D eigenvalue weighted by Gasteiger charge is -2.14. The molecule has 2 amide bonds. The van der Waals surface area contributed by atoms with E-state index in [-0.39, 0.29) is 18.4 Å². The molecule has 2 rings (SSSR count). The van der Waals surface area contributed by atoms with Crippen molar-refractivity contribution in [3.63, 3.8) is 0 Å². The van der Waals surface area contributed by atoms with Gasteiger partial charge in [0.15, 0.2) is 0 Å². The van der Waals surface area contributed by atoms with E-state index in [9.17, 15) is 9.59 Å². The van der Waals surface area contributed by atoms with Gasteiger partial charge >= 0.3 is 0 Å². The molecule has 1 atom stereocenters. The molecule has 136 valence electrons. The maximum atomic E-state index is 12.2. The number of aromatic nitrogens is 1. The van der Waals surface area contributed by atoms with Crippen LogP contribution in [0.15, 0.2) is 30.5 Å². The lowest BCUT2D eigenvalue weighted by atomic mass is 10.2. The Morgan fingerprint density at radius 1 is 1.24 bits per heavy atom. The molecule has 0 aliphatic carbocycles. The van der Waals surface area contributed by atoms with Crippen molar-refractivity contribution in [1.29, 1.82) is 0 Å². The highest BCUT2D eigenvalue weighted by molar-refractivity contribution is 5.96. The van der Waals surface area contributed by atoms with E-state index in [1.54, 1.807) is 14.0 Å². The first kappa shape index (κ1) is 19.0. The van der Waals surface area contributed by atoms with Gasteiger partial charge in [-0.1, -0.05) is 6.07 Å². The van der Waals surface area contributed by atoms with Crippen LogP contribution in [0.2, 0.25) is 0 Å². The second kappa shape index (κ2) is 9.19. The van der Waals surface area contributed by atoms with Gasteiger partial charge < -0.3 is 24.7 Å². The lowest BCUT2D eigenvalue weighted by molar-refractivity contribution is -0.127. The van der Waals surface area contributed by atoms with Gasteiger partial charge in [-0.05, 0) is 37.4 Å². The van der Waals surface area contributed by atoms with Crippen molar-refractivity contribution in [2.24, 2.45) is 0 Å². The van der Waals surface area contributed by atoms with E-state index < -0.39 is 6.10 Å². The molecule has 0 fully saturated rings. The summed E-state index contributed by atoms with van der Waals surface area (Å²) in [5.41, 5.74) is 1.54. The van der Waals surface area contributed by atoms with Gasteiger partial charge in [-0.25, -0.2) is 0 Å². The summed E-state index contributed by atoms with van der Waals surface area (Å²) in [7, 11) is 1.60. The Morgan fingerprint density at radius 2 is 2.04 bits per heavy atom. The van der Waals surface area contributed by atoms with Crippen molar-refractivity contribution >= 4 is 28.4 Å². The number of amides is 2. The summed E-state index contributed by atoms with van der Waals surface area (Å²) >= 11 is 0. The Morgan fingerprint density at radius 3 is 2.76 bits per heavy atom. The van der Waals surface area contributed by atoms with E-state index in [2.05, 4.69) is 10.6 Å². The van der Waals surface area contributed by atoms with Crippen LogP contribution in [0, 0.1) is 0 Å². The summed E-state index contributed by atoms with van der Waals surface area (Å²) in [6, 6.07) is 7.52. The molecular formula is C18H25N3O4. The maximum absolute atomic E-state index is 12.2. The third-order valence-electron chi connectivity index (χ3n) is 3.80. The fraction of sp³-hybridized carbons (Fsp3) is 0.444. The fourth-order valence-corrected chi connectivity index (χ4v) is 2.38. The summed E-state index contributed by atoms with van der Waals surface area (Å²) in [5, 5.41) is 6.45. The van der Waals surface area contributed by atoms with Crippen LogP contribution in [0.3, 0.4) is 0 Å². The van der Waals surface area contributed by atoms with E-state index in [1.165, 1.54) is 0 Å².